The van der Waals surface area contributed by atoms with Gasteiger partial charge in [0.05, 0.1) is 12.2 Å². The highest BCUT2D eigenvalue weighted by molar-refractivity contribution is 5.21. The second kappa shape index (κ2) is 7.21. The molecule has 3 heteroatoms. The van der Waals surface area contributed by atoms with Gasteiger partial charge in [-0.2, -0.15) is 0 Å². The molecule has 1 saturated heterocycles. The summed E-state index contributed by atoms with van der Waals surface area (Å²) >= 11 is 0. The molecule has 0 saturated carbocycles. The third-order valence-corrected chi connectivity index (χ3v) is 4.58. The number of benzene rings is 1. The van der Waals surface area contributed by atoms with Crippen molar-refractivity contribution in [1.82, 2.24) is 5.32 Å². The van der Waals surface area contributed by atoms with Crippen molar-refractivity contribution in [1.29, 1.82) is 0 Å². The minimum atomic E-state index is 0.0800. The van der Waals surface area contributed by atoms with E-state index in [-0.39, 0.29) is 12.2 Å². The highest BCUT2D eigenvalue weighted by atomic mass is 16.5. The van der Waals surface area contributed by atoms with Gasteiger partial charge in [0, 0.05) is 19.2 Å². The van der Waals surface area contributed by atoms with Crippen LogP contribution in [0.1, 0.15) is 50.7 Å². The monoisotopic (exact) mass is 277 g/mol. The van der Waals surface area contributed by atoms with E-state index in [1.54, 1.807) is 0 Å². The summed E-state index contributed by atoms with van der Waals surface area (Å²) in [5.74, 6) is 0. The van der Waals surface area contributed by atoms with E-state index in [1.807, 2.05) is 12.1 Å². The second-order valence-electron chi connectivity index (χ2n) is 5.78. The maximum Gasteiger partial charge on any atom is 0.0692 e. The minimum Gasteiger partial charge on any atom is -0.392 e. The van der Waals surface area contributed by atoms with Crippen LogP contribution in [-0.4, -0.2) is 23.4 Å². The molecule has 1 aliphatic rings. The van der Waals surface area contributed by atoms with Crippen LogP contribution in [0.5, 0.6) is 0 Å². The van der Waals surface area contributed by atoms with Gasteiger partial charge in [0.1, 0.15) is 0 Å². The van der Waals surface area contributed by atoms with Gasteiger partial charge in [-0.25, -0.2) is 0 Å². The summed E-state index contributed by atoms with van der Waals surface area (Å²) < 4.78 is 6.01. The Labute approximate surface area is 122 Å². The minimum absolute atomic E-state index is 0.0800. The molecule has 0 aromatic heterocycles. The third-order valence-electron chi connectivity index (χ3n) is 4.58. The van der Waals surface area contributed by atoms with E-state index in [0.29, 0.717) is 6.04 Å². The molecule has 3 nitrogen and oxygen atoms in total. The maximum atomic E-state index is 9.04. The summed E-state index contributed by atoms with van der Waals surface area (Å²) in [6.45, 7) is 6.31. The third kappa shape index (κ3) is 3.81. The van der Waals surface area contributed by atoms with Crippen molar-refractivity contribution in [2.45, 2.75) is 64.3 Å². The fourth-order valence-electron chi connectivity index (χ4n) is 2.97. The van der Waals surface area contributed by atoms with Crippen molar-refractivity contribution >= 4 is 0 Å². The second-order valence-corrected chi connectivity index (χ2v) is 5.78. The zero-order chi connectivity index (χ0) is 14.4. The highest BCUT2D eigenvalue weighted by Crippen LogP contribution is 2.31. The van der Waals surface area contributed by atoms with Crippen molar-refractivity contribution in [2.24, 2.45) is 0 Å². The van der Waals surface area contributed by atoms with Crippen molar-refractivity contribution in [3.8, 4) is 0 Å². The first-order valence-electron chi connectivity index (χ1n) is 7.77. The number of rotatable bonds is 6. The lowest BCUT2D eigenvalue weighted by atomic mass is 9.86. The number of aliphatic hydroxyl groups is 1. The molecule has 2 N–H and O–H groups in total. The fraction of sp³-hybridized carbons (Fsp3) is 0.647. The van der Waals surface area contributed by atoms with Gasteiger partial charge in [-0.15, -0.1) is 0 Å². The lowest BCUT2D eigenvalue weighted by Crippen LogP contribution is -2.46. The number of nitrogens with one attached hydrogen (secondary N) is 1. The van der Waals surface area contributed by atoms with Crippen LogP contribution in [0.3, 0.4) is 0 Å². The van der Waals surface area contributed by atoms with Crippen LogP contribution in [0.15, 0.2) is 24.3 Å². The molecule has 1 heterocycles. The van der Waals surface area contributed by atoms with Crippen LogP contribution in [0.25, 0.3) is 0 Å². The lowest BCUT2D eigenvalue weighted by Gasteiger charge is -2.40. The predicted molar refractivity (Wildman–Crippen MR) is 81.5 cm³/mol. The van der Waals surface area contributed by atoms with E-state index in [4.69, 9.17) is 9.84 Å². The predicted octanol–water partition coefficient (Wildman–Crippen LogP) is 3.01. The summed E-state index contributed by atoms with van der Waals surface area (Å²) in [4.78, 5) is 0. The SMILES string of the molecule is CCC1(CC)CC(NCc2ccc(CO)cc2)CCO1. The Morgan fingerprint density at radius 2 is 1.85 bits per heavy atom. The summed E-state index contributed by atoms with van der Waals surface area (Å²) in [7, 11) is 0. The first kappa shape index (κ1) is 15.5. The number of hydrogen-bond acceptors (Lipinski definition) is 3. The van der Waals surface area contributed by atoms with Gasteiger partial charge in [-0.1, -0.05) is 38.1 Å². The molecule has 1 aliphatic heterocycles. The van der Waals surface area contributed by atoms with Crippen molar-refractivity contribution in [3.05, 3.63) is 35.4 Å². The Kier molecular flexibility index (Phi) is 5.58. The quantitative estimate of drug-likeness (QED) is 0.840. The van der Waals surface area contributed by atoms with Gasteiger partial charge in [0.15, 0.2) is 0 Å². The standard InChI is InChI=1S/C17H27NO2/c1-3-17(4-2)11-16(9-10-20-17)18-12-14-5-7-15(13-19)8-6-14/h5-8,16,18-19H,3-4,9-13H2,1-2H3. The Bertz CT molecular complexity index is 398. The summed E-state index contributed by atoms with van der Waals surface area (Å²) in [6.07, 6.45) is 4.38. The Hall–Kier alpha value is -0.900. The summed E-state index contributed by atoms with van der Waals surface area (Å²) in [6, 6.07) is 8.70. The molecule has 0 amide bonds. The molecule has 112 valence electrons. The van der Waals surface area contributed by atoms with E-state index < -0.39 is 0 Å². The van der Waals surface area contributed by atoms with Crippen molar-refractivity contribution < 1.29 is 9.84 Å². The zero-order valence-corrected chi connectivity index (χ0v) is 12.7. The highest BCUT2D eigenvalue weighted by Gasteiger charge is 2.34. The van der Waals surface area contributed by atoms with Crippen LogP contribution in [0, 0.1) is 0 Å². The summed E-state index contributed by atoms with van der Waals surface area (Å²) in [5.41, 5.74) is 2.32. The molecule has 1 atom stereocenters. The van der Waals surface area contributed by atoms with Crippen LogP contribution in [0.4, 0.5) is 0 Å². The largest absolute Gasteiger partial charge is 0.392 e. The normalized spacial score (nSPS) is 21.9. The van der Waals surface area contributed by atoms with Crippen molar-refractivity contribution in [2.75, 3.05) is 6.61 Å². The zero-order valence-electron chi connectivity index (χ0n) is 12.7. The van der Waals surface area contributed by atoms with E-state index in [2.05, 4.69) is 31.3 Å². The molecular weight excluding hydrogens is 250 g/mol. The first-order chi connectivity index (χ1) is 9.71. The lowest BCUT2D eigenvalue weighted by molar-refractivity contribution is -0.0932. The first-order valence-corrected chi connectivity index (χ1v) is 7.77. The van der Waals surface area contributed by atoms with Gasteiger partial charge in [-0.3, -0.25) is 0 Å². The van der Waals surface area contributed by atoms with Gasteiger partial charge >= 0.3 is 0 Å². The molecular formula is C17H27NO2. The molecule has 1 unspecified atom stereocenters. The molecule has 0 radical (unpaired) electrons. The van der Waals surface area contributed by atoms with E-state index in [9.17, 15) is 0 Å². The van der Waals surface area contributed by atoms with Gasteiger partial charge in [-0.05, 0) is 36.8 Å². The van der Waals surface area contributed by atoms with E-state index in [0.717, 1.165) is 44.4 Å². The van der Waals surface area contributed by atoms with Gasteiger partial charge < -0.3 is 15.2 Å². The van der Waals surface area contributed by atoms with Crippen LogP contribution in [-0.2, 0) is 17.9 Å². The van der Waals surface area contributed by atoms with Gasteiger partial charge in [0.2, 0.25) is 0 Å². The van der Waals surface area contributed by atoms with Crippen molar-refractivity contribution in [3.63, 3.8) is 0 Å². The number of ether oxygens (including phenoxy) is 1. The van der Waals surface area contributed by atoms with Gasteiger partial charge in [0.25, 0.3) is 0 Å². The average molecular weight is 277 g/mol. The van der Waals surface area contributed by atoms with E-state index >= 15 is 0 Å². The maximum absolute atomic E-state index is 9.04. The summed E-state index contributed by atoms with van der Waals surface area (Å²) in [5, 5.41) is 12.7. The Morgan fingerprint density at radius 3 is 2.45 bits per heavy atom. The average Bonchev–Trinajstić information content (AvgIpc) is 2.53. The molecule has 0 aliphatic carbocycles. The number of hydrogen-bond donors (Lipinski definition) is 2. The topological polar surface area (TPSA) is 41.5 Å². The molecule has 1 aromatic carbocycles. The molecule has 2 rings (SSSR count). The fourth-order valence-corrected chi connectivity index (χ4v) is 2.97. The molecule has 1 fully saturated rings. The molecule has 20 heavy (non-hydrogen) atoms. The van der Waals surface area contributed by atoms with Crippen LogP contribution in [0.2, 0.25) is 0 Å². The Morgan fingerprint density at radius 1 is 1.20 bits per heavy atom. The van der Waals surface area contributed by atoms with Crippen LogP contribution < -0.4 is 5.32 Å². The Balaban J connectivity index is 1.86. The van der Waals surface area contributed by atoms with Crippen LogP contribution >= 0.6 is 0 Å². The smallest absolute Gasteiger partial charge is 0.0692 e. The molecule has 0 bridgehead atoms. The molecule has 1 aromatic rings. The number of aliphatic hydroxyl groups excluding tert-OH is 1. The van der Waals surface area contributed by atoms with E-state index in [1.165, 1.54) is 5.56 Å². The molecule has 0 spiro atoms.